The third-order valence-electron chi connectivity index (χ3n) is 3.84. The van der Waals surface area contributed by atoms with Gasteiger partial charge in [0.1, 0.15) is 6.10 Å². The minimum absolute atomic E-state index is 0.236. The Balaban J connectivity index is 2.09. The van der Waals surface area contributed by atoms with Crippen LogP contribution in [0.2, 0.25) is 0 Å². The molecule has 2 saturated heterocycles. The lowest BCUT2D eigenvalue weighted by molar-refractivity contribution is -0.298. The Bertz CT molecular complexity index is 481. The zero-order chi connectivity index (χ0) is 17.6. The average Bonchev–Trinajstić information content (AvgIpc) is 3.14. The third kappa shape index (κ3) is 4.14. The molecule has 0 spiro atoms. The number of alkyl halides is 3. The molecule has 2 fully saturated rings. The zero-order valence-corrected chi connectivity index (χ0v) is 13.4. The van der Waals surface area contributed by atoms with E-state index in [9.17, 15) is 22.8 Å². The maximum atomic E-state index is 12.5. The highest BCUT2D eigenvalue weighted by atomic mass is 19.4. The monoisotopic (exact) mass is 339 g/mol. The number of ether oxygens (including phenoxy) is 2. The van der Waals surface area contributed by atoms with Crippen molar-refractivity contribution in [2.45, 2.75) is 70.0 Å². The number of carbonyl (C=O) groups is 2. The Morgan fingerprint density at radius 2 is 1.61 bits per heavy atom. The molecule has 23 heavy (non-hydrogen) atoms. The van der Waals surface area contributed by atoms with Crippen LogP contribution in [0, 0.1) is 0 Å². The van der Waals surface area contributed by atoms with Gasteiger partial charge in [-0.3, -0.25) is 0 Å². The Morgan fingerprint density at radius 3 is 2.00 bits per heavy atom. The van der Waals surface area contributed by atoms with Crippen molar-refractivity contribution in [2.75, 3.05) is 6.61 Å². The molecule has 0 saturated carbocycles. The van der Waals surface area contributed by atoms with E-state index in [-0.39, 0.29) is 12.8 Å². The van der Waals surface area contributed by atoms with Crippen LogP contribution >= 0.6 is 0 Å². The van der Waals surface area contributed by atoms with E-state index in [2.05, 4.69) is 4.84 Å². The van der Waals surface area contributed by atoms with Gasteiger partial charge in [-0.25, -0.2) is 9.59 Å². The molecule has 6 nitrogen and oxygen atoms in total. The smallest absolute Gasteiger partial charge is 0.460 e. The van der Waals surface area contributed by atoms with Gasteiger partial charge >= 0.3 is 18.1 Å². The quantitative estimate of drug-likeness (QED) is 0.578. The van der Waals surface area contributed by atoms with E-state index in [1.165, 1.54) is 0 Å². The summed E-state index contributed by atoms with van der Waals surface area (Å²) in [4.78, 5) is 27.5. The SMILES string of the molecule is CC1(C)CC(OC(=O)C2CO2)CC(C)(C)N1OC(=O)C(F)(F)F. The number of rotatable bonds is 3. The second-order valence-electron chi connectivity index (χ2n) is 7.08. The van der Waals surface area contributed by atoms with Gasteiger partial charge < -0.3 is 14.3 Å². The number of carbonyl (C=O) groups excluding carboxylic acids is 2. The van der Waals surface area contributed by atoms with Gasteiger partial charge in [-0.2, -0.15) is 13.2 Å². The highest BCUT2D eigenvalue weighted by molar-refractivity contribution is 5.77. The highest BCUT2D eigenvalue weighted by Gasteiger charge is 2.53. The number of epoxide rings is 1. The molecule has 0 aromatic carbocycles. The van der Waals surface area contributed by atoms with E-state index in [1.54, 1.807) is 27.7 Å². The van der Waals surface area contributed by atoms with E-state index in [1.807, 2.05) is 0 Å². The molecule has 0 aliphatic carbocycles. The summed E-state index contributed by atoms with van der Waals surface area (Å²) in [5.41, 5.74) is -1.87. The van der Waals surface area contributed by atoms with Gasteiger partial charge in [-0.05, 0) is 27.7 Å². The van der Waals surface area contributed by atoms with E-state index in [4.69, 9.17) is 9.47 Å². The fourth-order valence-corrected chi connectivity index (χ4v) is 3.06. The van der Waals surface area contributed by atoms with E-state index in [0.717, 1.165) is 5.06 Å². The Morgan fingerprint density at radius 1 is 1.13 bits per heavy atom. The van der Waals surface area contributed by atoms with Crippen LogP contribution in [0.3, 0.4) is 0 Å². The molecule has 0 aromatic heterocycles. The van der Waals surface area contributed by atoms with Crippen LogP contribution in [0.5, 0.6) is 0 Å². The van der Waals surface area contributed by atoms with Crippen molar-refractivity contribution in [1.29, 1.82) is 0 Å². The number of hydrogen-bond acceptors (Lipinski definition) is 6. The van der Waals surface area contributed by atoms with Crippen molar-refractivity contribution in [3.05, 3.63) is 0 Å². The molecule has 1 atom stereocenters. The van der Waals surface area contributed by atoms with E-state index >= 15 is 0 Å². The minimum Gasteiger partial charge on any atom is -0.460 e. The van der Waals surface area contributed by atoms with Crippen molar-refractivity contribution < 1.29 is 37.1 Å². The molecule has 0 bridgehead atoms. The zero-order valence-electron chi connectivity index (χ0n) is 13.4. The van der Waals surface area contributed by atoms with Crippen LogP contribution in [-0.2, 0) is 23.9 Å². The van der Waals surface area contributed by atoms with Crippen LogP contribution < -0.4 is 0 Å². The second kappa shape index (κ2) is 5.62. The summed E-state index contributed by atoms with van der Waals surface area (Å²) < 4.78 is 47.6. The van der Waals surface area contributed by atoms with Gasteiger partial charge in [0, 0.05) is 12.8 Å². The lowest BCUT2D eigenvalue weighted by Gasteiger charge is -2.52. The predicted molar refractivity (Wildman–Crippen MR) is 71.0 cm³/mol. The first-order chi connectivity index (χ1) is 10.3. The fourth-order valence-electron chi connectivity index (χ4n) is 3.06. The van der Waals surface area contributed by atoms with Crippen molar-refractivity contribution in [3.63, 3.8) is 0 Å². The predicted octanol–water partition coefficient (Wildman–Crippen LogP) is 1.97. The summed E-state index contributed by atoms with van der Waals surface area (Å²) >= 11 is 0. The molecule has 1 unspecified atom stereocenters. The molecule has 0 amide bonds. The van der Waals surface area contributed by atoms with Crippen molar-refractivity contribution in [2.24, 2.45) is 0 Å². The van der Waals surface area contributed by atoms with Gasteiger partial charge in [0.25, 0.3) is 0 Å². The number of esters is 1. The molecule has 132 valence electrons. The molecule has 2 heterocycles. The number of piperidine rings is 1. The summed E-state index contributed by atoms with van der Waals surface area (Å²) in [6, 6.07) is 0. The maximum Gasteiger partial charge on any atom is 0.492 e. The third-order valence-corrected chi connectivity index (χ3v) is 3.84. The first-order valence-corrected chi connectivity index (χ1v) is 7.24. The number of halogens is 3. The van der Waals surface area contributed by atoms with E-state index < -0.39 is 41.4 Å². The van der Waals surface area contributed by atoms with Gasteiger partial charge in [-0.15, -0.1) is 5.06 Å². The molecule has 0 N–H and O–H groups in total. The standard InChI is InChI=1S/C14H20F3NO5/c1-12(2)5-8(22-10(19)9-7-21-9)6-13(3,4)18(12)23-11(20)14(15,16)17/h8-9H,5-7H2,1-4H3. The van der Waals surface area contributed by atoms with Crippen LogP contribution in [0.1, 0.15) is 40.5 Å². The summed E-state index contributed by atoms with van der Waals surface area (Å²) in [5.74, 6) is -2.73. The molecule has 2 aliphatic heterocycles. The topological polar surface area (TPSA) is 68.4 Å². The highest BCUT2D eigenvalue weighted by Crippen LogP contribution is 2.40. The van der Waals surface area contributed by atoms with E-state index in [0.29, 0.717) is 6.61 Å². The summed E-state index contributed by atoms with van der Waals surface area (Å²) in [6.07, 6.45) is -5.63. The van der Waals surface area contributed by atoms with Gasteiger partial charge in [0.05, 0.1) is 17.7 Å². The first-order valence-electron chi connectivity index (χ1n) is 7.24. The van der Waals surface area contributed by atoms with Crippen LogP contribution in [0.4, 0.5) is 13.2 Å². The summed E-state index contributed by atoms with van der Waals surface area (Å²) in [7, 11) is 0. The Labute approximate surface area is 131 Å². The average molecular weight is 339 g/mol. The largest absolute Gasteiger partial charge is 0.492 e. The molecule has 2 rings (SSSR count). The lowest BCUT2D eigenvalue weighted by atomic mass is 9.80. The van der Waals surface area contributed by atoms with Crippen LogP contribution in [0.15, 0.2) is 0 Å². The first kappa shape index (κ1) is 18.0. The van der Waals surface area contributed by atoms with Crippen LogP contribution in [-0.4, -0.2) is 53.1 Å². The molecular weight excluding hydrogens is 319 g/mol. The van der Waals surface area contributed by atoms with Gasteiger partial charge in [0.15, 0.2) is 6.10 Å². The Kier molecular flexibility index (Phi) is 4.40. The van der Waals surface area contributed by atoms with Crippen molar-refractivity contribution in [3.8, 4) is 0 Å². The lowest BCUT2D eigenvalue weighted by Crippen LogP contribution is -2.63. The number of hydroxylamine groups is 2. The molecule has 2 aliphatic rings. The van der Waals surface area contributed by atoms with Gasteiger partial charge in [0.2, 0.25) is 0 Å². The second-order valence-corrected chi connectivity index (χ2v) is 7.08. The summed E-state index contributed by atoms with van der Waals surface area (Å²) in [5, 5.41) is 1.05. The molecular formula is C14H20F3NO5. The normalized spacial score (nSPS) is 27.3. The Hall–Kier alpha value is -1.35. The molecule has 0 radical (unpaired) electrons. The fraction of sp³-hybridized carbons (Fsp3) is 0.857. The number of hydrogen-bond donors (Lipinski definition) is 0. The van der Waals surface area contributed by atoms with Gasteiger partial charge in [-0.1, -0.05) is 0 Å². The number of nitrogens with zero attached hydrogens (tertiary/aromatic N) is 1. The minimum atomic E-state index is -5.07. The summed E-state index contributed by atoms with van der Waals surface area (Å²) in [6.45, 7) is 6.85. The van der Waals surface area contributed by atoms with Crippen LogP contribution in [0.25, 0.3) is 0 Å². The molecule has 9 heteroatoms. The maximum absolute atomic E-state index is 12.5. The van der Waals surface area contributed by atoms with Crippen molar-refractivity contribution in [1.82, 2.24) is 5.06 Å². The molecule has 0 aromatic rings. The van der Waals surface area contributed by atoms with Crippen molar-refractivity contribution >= 4 is 11.9 Å².